The van der Waals surface area contributed by atoms with E-state index in [4.69, 9.17) is 11.6 Å². The lowest BCUT2D eigenvalue weighted by molar-refractivity contribution is -0.127. The molecule has 0 radical (unpaired) electrons. The van der Waals surface area contributed by atoms with Crippen LogP contribution in [0.3, 0.4) is 0 Å². The SMILES string of the molecule is CCN1CCC(C(=O)NC2CC(=O)N(CCc3cccc(Cl)c3)C2)CC1. The van der Waals surface area contributed by atoms with Gasteiger partial charge in [-0.1, -0.05) is 30.7 Å². The molecule has 2 aliphatic rings. The topological polar surface area (TPSA) is 52.7 Å². The number of amides is 2. The van der Waals surface area contributed by atoms with Crippen molar-refractivity contribution in [1.82, 2.24) is 15.1 Å². The number of nitrogens with one attached hydrogen (secondary N) is 1. The average Bonchev–Trinajstić information content (AvgIpc) is 2.99. The Labute approximate surface area is 160 Å². The Balaban J connectivity index is 1.44. The summed E-state index contributed by atoms with van der Waals surface area (Å²) in [6.45, 7) is 6.46. The smallest absolute Gasteiger partial charge is 0.224 e. The Kier molecular flexibility index (Phi) is 6.54. The molecule has 5 nitrogen and oxygen atoms in total. The average molecular weight is 378 g/mol. The molecule has 1 unspecified atom stereocenters. The summed E-state index contributed by atoms with van der Waals surface area (Å²) in [5, 5.41) is 3.83. The van der Waals surface area contributed by atoms with Crippen molar-refractivity contribution in [1.29, 1.82) is 0 Å². The minimum atomic E-state index is -0.0569. The zero-order valence-corrected chi connectivity index (χ0v) is 16.2. The van der Waals surface area contributed by atoms with Crippen molar-refractivity contribution in [2.75, 3.05) is 32.7 Å². The van der Waals surface area contributed by atoms with Crippen LogP contribution in [-0.2, 0) is 16.0 Å². The van der Waals surface area contributed by atoms with Crippen LogP contribution in [0.5, 0.6) is 0 Å². The third-order valence-corrected chi connectivity index (χ3v) is 5.76. The molecule has 0 saturated carbocycles. The first-order valence-corrected chi connectivity index (χ1v) is 9.98. The van der Waals surface area contributed by atoms with Gasteiger partial charge in [-0.15, -0.1) is 0 Å². The van der Waals surface area contributed by atoms with Gasteiger partial charge < -0.3 is 15.1 Å². The lowest BCUT2D eigenvalue weighted by atomic mass is 9.95. The number of halogens is 1. The summed E-state index contributed by atoms with van der Waals surface area (Å²) in [6, 6.07) is 7.68. The zero-order chi connectivity index (χ0) is 18.5. The lowest BCUT2D eigenvalue weighted by Crippen LogP contribution is -2.44. The molecule has 0 aliphatic carbocycles. The molecule has 2 saturated heterocycles. The van der Waals surface area contributed by atoms with E-state index in [1.807, 2.05) is 29.2 Å². The lowest BCUT2D eigenvalue weighted by Gasteiger charge is -2.30. The second-order valence-electron chi connectivity index (χ2n) is 7.34. The number of carbonyl (C=O) groups excluding carboxylic acids is 2. The fourth-order valence-corrected chi connectivity index (χ4v) is 4.08. The van der Waals surface area contributed by atoms with Crippen LogP contribution in [0, 0.1) is 5.92 Å². The predicted octanol–water partition coefficient (Wildman–Crippen LogP) is 2.33. The van der Waals surface area contributed by atoms with Crippen molar-refractivity contribution in [2.24, 2.45) is 5.92 Å². The first-order chi connectivity index (χ1) is 12.5. The second kappa shape index (κ2) is 8.87. The third kappa shape index (κ3) is 4.98. The Hall–Kier alpha value is -1.59. The molecule has 2 amide bonds. The minimum Gasteiger partial charge on any atom is -0.351 e. The van der Waals surface area contributed by atoms with E-state index in [0.717, 1.165) is 49.5 Å². The van der Waals surface area contributed by atoms with E-state index in [0.29, 0.717) is 19.5 Å². The second-order valence-corrected chi connectivity index (χ2v) is 7.77. The Morgan fingerprint density at radius 3 is 2.77 bits per heavy atom. The van der Waals surface area contributed by atoms with Crippen LogP contribution in [0.1, 0.15) is 31.7 Å². The molecule has 1 atom stereocenters. The number of carbonyl (C=O) groups is 2. The Bertz CT molecular complexity index is 644. The van der Waals surface area contributed by atoms with Crippen LogP contribution in [0.25, 0.3) is 0 Å². The van der Waals surface area contributed by atoms with Gasteiger partial charge in [0, 0.05) is 30.5 Å². The quantitative estimate of drug-likeness (QED) is 0.827. The van der Waals surface area contributed by atoms with Crippen molar-refractivity contribution >= 4 is 23.4 Å². The maximum absolute atomic E-state index is 12.5. The van der Waals surface area contributed by atoms with Gasteiger partial charge in [0.05, 0.1) is 6.04 Å². The number of hydrogen-bond acceptors (Lipinski definition) is 3. The molecule has 0 aromatic heterocycles. The summed E-state index contributed by atoms with van der Waals surface area (Å²) in [6.07, 6.45) is 3.02. The van der Waals surface area contributed by atoms with Gasteiger partial charge in [-0.25, -0.2) is 0 Å². The molecular weight excluding hydrogens is 350 g/mol. The molecule has 0 spiro atoms. The highest BCUT2D eigenvalue weighted by Gasteiger charge is 2.32. The van der Waals surface area contributed by atoms with Crippen molar-refractivity contribution in [3.05, 3.63) is 34.9 Å². The fourth-order valence-electron chi connectivity index (χ4n) is 3.87. The molecular formula is C20H28ClN3O2. The summed E-state index contributed by atoms with van der Waals surface area (Å²) < 4.78 is 0. The van der Waals surface area contributed by atoms with Crippen LogP contribution >= 0.6 is 11.6 Å². The van der Waals surface area contributed by atoms with E-state index >= 15 is 0 Å². The van der Waals surface area contributed by atoms with Crippen molar-refractivity contribution in [3.63, 3.8) is 0 Å². The van der Waals surface area contributed by atoms with Crippen LogP contribution in [0.2, 0.25) is 5.02 Å². The predicted molar refractivity (Wildman–Crippen MR) is 103 cm³/mol. The number of nitrogens with zero attached hydrogens (tertiary/aromatic N) is 2. The maximum Gasteiger partial charge on any atom is 0.224 e. The van der Waals surface area contributed by atoms with E-state index in [9.17, 15) is 9.59 Å². The highest BCUT2D eigenvalue weighted by atomic mass is 35.5. The molecule has 142 valence electrons. The Morgan fingerprint density at radius 2 is 2.08 bits per heavy atom. The first-order valence-electron chi connectivity index (χ1n) is 9.60. The van der Waals surface area contributed by atoms with Crippen molar-refractivity contribution in [2.45, 2.75) is 38.6 Å². The van der Waals surface area contributed by atoms with Crippen LogP contribution in [0.4, 0.5) is 0 Å². The molecule has 1 aromatic carbocycles. The van der Waals surface area contributed by atoms with Crippen LogP contribution in [-0.4, -0.2) is 60.4 Å². The summed E-state index contributed by atoms with van der Waals surface area (Å²) in [5.41, 5.74) is 1.13. The van der Waals surface area contributed by atoms with E-state index in [-0.39, 0.29) is 23.8 Å². The highest BCUT2D eigenvalue weighted by Crippen LogP contribution is 2.19. The van der Waals surface area contributed by atoms with Gasteiger partial charge in [0.2, 0.25) is 11.8 Å². The van der Waals surface area contributed by atoms with Gasteiger partial charge in [0.1, 0.15) is 0 Å². The van der Waals surface area contributed by atoms with Gasteiger partial charge in [-0.3, -0.25) is 9.59 Å². The number of piperidine rings is 1. The standard InChI is InChI=1S/C20H28ClN3O2/c1-2-23-9-7-16(8-10-23)20(26)22-18-13-19(25)24(14-18)11-6-15-4-3-5-17(21)12-15/h3-5,12,16,18H,2,6-11,13-14H2,1H3,(H,22,26). The monoisotopic (exact) mass is 377 g/mol. The molecule has 2 fully saturated rings. The Morgan fingerprint density at radius 1 is 1.31 bits per heavy atom. The van der Waals surface area contributed by atoms with E-state index in [2.05, 4.69) is 17.1 Å². The summed E-state index contributed by atoms with van der Waals surface area (Å²) >= 11 is 6.01. The van der Waals surface area contributed by atoms with Gasteiger partial charge in [0.25, 0.3) is 0 Å². The van der Waals surface area contributed by atoms with E-state index in [1.54, 1.807) is 0 Å². The zero-order valence-electron chi connectivity index (χ0n) is 15.4. The summed E-state index contributed by atoms with van der Waals surface area (Å²) in [4.78, 5) is 29.0. The van der Waals surface area contributed by atoms with Gasteiger partial charge >= 0.3 is 0 Å². The van der Waals surface area contributed by atoms with E-state index < -0.39 is 0 Å². The van der Waals surface area contributed by atoms with Crippen LogP contribution < -0.4 is 5.32 Å². The maximum atomic E-state index is 12.5. The first kappa shape index (κ1) is 19.2. The van der Waals surface area contributed by atoms with Gasteiger partial charge in [-0.2, -0.15) is 0 Å². The number of likely N-dealkylation sites (tertiary alicyclic amines) is 2. The fraction of sp³-hybridized carbons (Fsp3) is 0.600. The number of hydrogen-bond donors (Lipinski definition) is 1. The molecule has 3 rings (SSSR count). The molecule has 0 bridgehead atoms. The normalized spacial score (nSPS) is 22.0. The third-order valence-electron chi connectivity index (χ3n) is 5.53. The molecule has 1 N–H and O–H groups in total. The number of benzene rings is 1. The van der Waals surface area contributed by atoms with E-state index in [1.165, 1.54) is 0 Å². The molecule has 26 heavy (non-hydrogen) atoms. The largest absolute Gasteiger partial charge is 0.351 e. The van der Waals surface area contributed by atoms with Crippen LogP contribution in [0.15, 0.2) is 24.3 Å². The summed E-state index contributed by atoms with van der Waals surface area (Å²) in [7, 11) is 0. The molecule has 2 heterocycles. The van der Waals surface area contributed by atoms with Crippen molar-refractivity contribution < 1.29 is 9.59 Å². The summed E-state index contributed by atoms with van der Waals surface area (Å²) in [5.74, 6) is 0.335. The molecule has 1 aromatic rings. The molecule has 2 aliphatic heterocycles. The van der Waals surface area contributed by atoms with Crippen molar-refractivity contribution in [3.8, 4) is 0 Å². The van der Waals surface area contributed by atoms with Gasteiger partial charge in [0.15, 0.2) is 0 Å². The molecule has 6 heteroatoms. The van der Waals surface area contributed by atoms with Gasteiger partial charge in [-0.05, 0) is 56.6 Å². The highest BCUT2D eigenvalue weighted by molar-refractivity contribution is 6.30. The number of rotatable bonds is 6. The minimum absolute atomic E-state index is 0.0569.